The molecule has 3 aromatic rings. The van der Waals surface area contributed by atoms with Gasteiger partial charge in [-0.05, 0) is 42.9 Å². The number of carbonyl (C=O) groups is 2. The number of anilines is 2. The molecule has 156 valence electrons. The van der Waals surface area contributed by atoms with Crippen LogP contribution in [0.25, 0.3) is 11.7 Å². The first-order valence-electron chi connectivity index (χ1n) is 10.3. The van der Waals surface area contributed by atoms with E-state index in [0.29, 0.717) is 29.1 Å². The van der Waals surface area contributed by atoms with Crippen molar-refractivity contribution in [1.82, 2.24) is 30.2 Å². The van der Waals surface area contributed by atoms with Crippen LogP contribution in [-0.2, 0) is 11.2 Å². The second kappa shape index (κ2) is 6.79. The summed E-state index contributed by atoms with van der Waals surface area (Å²) in [4.78, 5) is 32.8. The molecule has 2 aliphatic carbocycles. The Kier molecular flexibility index (Phi) is 3.92. The van der Waals surface area contributed by atoms with Crippen LogP contribution in [0, 0.1) is 0 Å². The van der Waals surface area contributed by atoms with E-state index >= 15 is 0 Å². The molecule has 4 N–H and O–H groups in total. The van der Waals surface area contributed by atoms with E-state index in [1.54, 1.807) is 16.8 Å². The van der Waals surface area contributed by atoms with Gasteiger partial charge >= 0.3 is 6.03 Å². The first-order chi connectivity index (χ1) is 15.1. The quantitative estimate of drug-likeness (QED) is 0.370. The predicted molar refractivity (Wildman–Crippen MR) is 113 cm³/mol. The minimum absolute atomic E-state index is 0.136. The molecule has 1 saturated carbocycles. The average Bonchev–Trinajstić information content (AvgIpc) is 3.20. The van der Waals surface area contributed by atoms with Gasteiger partial charge in [-0.2, -0.15) is 19.6 Å². The summed E-state index contributed by atoms with van der Waals surface area (Å²) >= 11 is 0. The van der Waals surface area contributed by atoms with Crippen molar-refractivity contribution < 1.29 is 9.59 Å². The second-order valence-electron chi connectivity index (χ2n) is 8.03. The summed E-state index contributed by atoms with van der Waals surface area (Å²) in [6, 6.07) is 8.37. The number of aromatic nitrogens is 4. The Morgan fingerprint density at radius 3 is 2.74 bits per heavy atom. The van der Waals surface area contributed by atoms with Gasteiger partial charge < -0.3 is 16.0 Å². The molecule has 0 bridgehead atoms. The summed E-state index contributed by atoms with van der Waals surface area (Å²) < 4.78 is 1.63. The number of carbonyl (C=O) groups excluding carboxylic acids is 2. The Morgan fingerprint density at radius 1 is 1.06 bits per heavy atom. The molecular weight excluding hydrogens is 396 g/mol. The van der Waals surface area contributed by atoms with Crippen molar-refractivity contribution in [2.45, 2.75) is 37.8 Å². The predicted octanol–water partition coefficient (Wildman–Crippen LogP) is 1.98. The molecule has 2 fully saturated rings. The molecule has 1 aliphatic heterocycles. The standard InChI is InChI=1S/C21H20N8O2/c30-18-16(25-21(31)27-18)9-12-10-22-29-17(12)26-19(28-20(29)23-13-6-7-13)24-15-8-5-11-3-1-2-4-14(11)15/h1-4,9-10,13,15H,5-8H2,(H2,23,24,26,28)(H2,25,27,30,31)/b16-9-/t15-/m1/s1. The first-order valence-corrected chi connectivity index (χ1v) is 10.3. The topological polar surface area (TPSA) is 125 Å². The number of imide groups is 1. The summed E-state index contributed by atoms with van der Waals surface area (Å²) in [6.45, 7) is 0. The maximum Gasteiger partial charge on any atom is 0.326 e. The second-order valence-corrected chi connectivity index (χ2v) is 8.03. The van der Waals surface area contributed by atoms with Crippen molar-refractivity contribution in [1.29, 1.82) is 0 Å². The highest BCUT2D eigenvalue weighted by molar-refractivity contribution is 6.14. The highest BCUT2D eigenvalue weighted by Crippen LogP contribution is 2.33. The van der Waals surface area contributed by atoms with Crippen LogP contribution in [0.2, 0.25) is 0 Å². The van der Waals surface area contributed by atoms with Crippen LogP contribution < -0.4 is 21.3 Å². The van der Waals surface area contributed by atoms with E-state index in [2.05, 4.69) is 49.5 Å². The van der Waals surface area contributed by atoms with Crippen LogP contribution in [0.5, 0.6) is 0 Å². The number of benzene rings is 1. The van der Waals surface area contributed by atoms with Gasteiger partial charge in [0.2, 0.25) is 11.9 Å². The lowest BCUT2D eigenvalue weighted by Crippen LogP contribution is -2.22. The first kappa shape index (κ1) is 17.9. The number of nitrogens with one attached hydrogen (secondary N) is 4. The van der Waals surface area contributed by atoms with E-state index in [4.69, 9.17) is 4.98 Å². The zero-order valence-corrected chi connectivity index (χ0v) is 16.6. The van der Waals surface area contributed by atoms with Crippen LogP contribution in [0.3, 0.4) is 0 Å². The van der Waals surface area contributed by atoms with Crippen LogP contribution in [0.4, 0.5) is 16.7 Å². The van der Waals surface area contributed by atoms with Gasteiger partial charge in [0.1, 0.15) is 5.70 Å². The molecule has 0 radical (unpaired) electrons. The van der Waals surface area contributed by atoms with Crippen molar-refractivity contribution in [2.75, 3.05) is 10.6 Å². The third-order valence-corrected chi connectivity index (χ3v) is 5.76. The molecular formula is C21H20N8O2. The third kappa shape index (κ3) is 3.25. The average molecular weight is 416 g/mol. The SMILES string of the molecule is O=C1NC(=O)/C(=C/c2cnn3c(NC4CC4)nc(N[C@@H]4CCc5ccccc54)nc23)N1. The fourth-order valence-electron chi connectivity index (χ4n) is 4.07. The lowest BCUT2D eigenvalue weighted by atomic mass is 10.1. The van der Waals surface area contributed by atoms with Crippen molar-refractivity contribution >= 4 is 35.6 Å². The van der Waals surface area contributed by atoms with Gasteiger partial charge in [0.25, 0.3) is 5.91 Å². The normalized spacial score (nSPS) is 21.3. The number of urea groups is 1. The highest BCUT2D eigenvalue weighted by atomic mass is 16.2. The van der Waals surface area contributed by atoms with E-state index < -0.39 is 11.9 Å². The zero-order chi connectivity index (χ0) is 20.9. The molecule has 31 heavy (non-hydrogen) atoms. The lowest BCUT2D eigenvalue weighted by molar-refractivity contribution is -0.115. The van der Waals surface area contributed by atoms with Crippen molar-refractivity contribution in [3.8, 4) is 0 Å². The van der Waals surface area contributed by atoms with Gasteiger partial charge in [-0.15, -0.1) is 0 Å². The maximum atomic E-state index is 11.9. The van der Waals surface area contributed by atoms with Crippen molar-refractivity contribution in [3.63, 3.8) is 0 Å². The van der Waals surface area contributed by atoms with Gasteiger partial charge in [-0.1, -0.05) is 24.3 Å². The summed E-state index contributed by atoms with van der Waals surface area (Å²) in [5, 5.41) is 16.0. The molecule has 1 saturated heterocycles. The molecule has 1 atom stereocenters. The van der Waals surface area contributed by atoms with Gasteiger partial charge in [0.05, 0.1) is 12.2 Å². The Labute approximate surface area is 177 Å². The van der Waals surface area contributed by atoms with Crippen LogP contribution in [-0.4, -0.2) is 37.6 Å². The fraction of sp³-hybridized carbons (Fsp3) is 0.286. The van der Waals surface area contributed by atoms with E-state index in [1.807, 2.05) is 6.07 Å². The summed E-state index contributed by atoms with van der Waals surface area (Å²) in [7, 11) is 0. The Balaban J connectivity index is 1.40. The van der Waals surface area contributed by atoms with Gasteiger partial charge in [0, 0.05) is 11.6 Å². The molecule has 3 amide bonds. The molecule has 0 spiro atoms. The van der Waals surface area contributed by atoms with Gasteiger partial charge in [-0.25, -0.2) is 4.79 Å². The summed E-state index contributed by atoms with van der Waals surface area (Å²) in [5.74, 6) is 0.624. The summed E-state index contributed by atoms with van der Waals surface area (Å²) in [6.07, 6.45) is 7.36. The Bertz CT molecular complexity index is 1260. The minimum atomic E-state index is -0.541. The molecule has 6 rings (SSSR count). The Hall–Kier alpha value is -3.95. The third-order valence-electron chi connectivity index (χ3n) is 5.76. The number of fused-ring (bicyclic) bond motifs is 2. The number of amides is 3. The monoisotopic (exact) mass is 416 g/mol. The zero-order valence-electron chi connectivity index (χ0n) is 16.6. The number of aryl methyl sites for hydroxylation is 1. The van der Waals surface area contributed by atoms with Gasteiger partial charge in [-0.3, -0.25) is 10.1 Å². The van der Waals surface area contributed by atoms with E-state index in [9.17, 15) is 9.59 Å². The molecule has 10 nitrogen and oxygen atoms in total. The van der Waals surface area contributed by atoms with Crippen LogP contribution >= 0.6 is 0 Å². The summed E-state index contributed by atoms with van der Waals surface area (Å²) in [5.41, 5.74) is 3.94. The molecule has 3 aliphatic rings. The molecule has 2 aromatic heterocycles. The van der Waals surface area contributed by atoms with Crippen molar-refractivity contribution in [2.24, 2.45) is 0 Å². The highest BCUT2D eigenvalue weighted by Gasteiger charge is 2.27. The van der Waals surface area contributed by atoms with E-state index in [1.165, 1.54) is 11.1 Å². The molecule has 3 heterocycles. The maximum absolute atomic E-state index is 11.9. The number of nitrogens with zero attached hydrogens (tertiary/aromatic N) is 4. The molecule has 1 aromatic carbocycles. The molecule has 10 heteroatoms. The Morgan fingerprint density at radius 2 is 1.94 bits per heavy atom. The largest absolute Gasteiger partial charge is 0.351 e. The van der Waals surface area contributed by atoms with E-state index in [0.717, 1.165) is 25.7 Å². The smallest absolute Gasteiger partial charge is 0.326 e. The fourth-order valence-corrected chi connectivity index (χ4v) is 4.07. The number of rotatable bonds is 5. The molecule has 0 unspecified atom stereocenters. The number of hydrogen-bond donors (Lipinski definition) is 4. The number of hydrogen-bond acceptors (Lipinski definition) is 7. The van der Waals surface area contributed by atoms with E-state index in [-0.39, 0.29) is 11.7 Å². The minimum Gasteiger partial charge on any atom is -0.351 e. The lowest BCUT2D eigenvalue weighted by Gasteiger charge is -2.15. The van der Waals surface area contributed by atoms with Crippen LogP contribution in [0.1, 0.15) is 42.0 Å². The van der Waals surface area contributed by atoms with Gasteiger partial charge in [0.15, 0.2) is 5.65 Å². The van der Waals surface area contributed by atoms with Crippen molar-refractivity contribution in [3.05, 3.63) is 52.8 Å². The van der Waals surface area contributed by atoms with Crippen LogP contribution in [0.15, 0.2) is 36.2 Å².